The molecule has 1 saturated carbocycles. The number of piperidine rings is 1. The van der Waals surface area contributed by atoms with Crippen LogP contribution in [0.1, 0.15) is 126 Å². The van der Waals surface area contributed by atoms with Crippen molar-refractivity contribution in [3.63, 3.8) is 0 Å². The third-order valence-electron chi connectivity index (χ3n) is 13.0. The first-order valence-electron chi connectivity index (χ1n) is 21.9. The number of nitrogens with zero attached hydrogens (tertiary/aromatic N) is 1. The van der Waals surface area contributed by atoms with Crippen LogP contribution in [-0.4, -0.2) is 109 Å². The van der Waals surface area contributed by atoms with E-state index in [1.165, 1.54) is 4.90 Å². The molecule has 0 aromatic heterocycles. The molecule has 58 heavy (non-hydrogen) atoms. The maximum atomic E-state index is 14.4. The van der Waals surface area contributed by atoms with E-state index in [-0.39, 0.29) is 67.1 Å². The van der Waals surface area contributed by atoms with Crippen molar-refractivity contribution in [2.75, 3.05) is 20.8 Å². The molecule has 3 N–H and O–H groups in total. The lowest BCUT2D eigenvalue weighted by molar-refractivity contribution is -0.302. The van der Waals surface area contributed by atoms with E-state index in [0.29, 0.717) is 44.9 Å². The normalized spacial score (nSPS) is 38.4. The molecule has 0 aromatic rings. The van der Waals surface area contributed by atoms with Crippen molar-refractivity contribution in [2.45, 2.75) is 180 Å². The molecule has 3 aliphatic heterocycles. The Morgan fingerprint density at radius 2 is 1.71 bits per heavy atom. The number of Topliss-reactive ketones (excluding diaryl/α,β-unsaturated/α-hetero) is 2. The van der Waals surface area contributed by atoms with Gasteiger partial charge in [-0.2, -0.15) is 0 Å². The van der Waals surface area contributed by atoms with Crippen LogP contribution in [0.3, 0.4) is 0 Å². The third-order valence-corrected chi connectivity index (χ3v) is 13.0. The molecule has 0 spiro atoms. The van der Waals surface area contributed by atoms with Gasteiger partial charge in [-0.3, -0.25) is 14.4 Å². The second kappa shape index (κ2) is 21.7. The van der Waals surface area contributed by atoms with Crippen LogP contribution in [0.2, 0.25) is 0 Å². The fourth-order valence-corrected chi connectivity index (χ4v) is 9.72. The first-order valence-corrected chi connectivity index (χ1v) is 21.9. The van der Waals surface area contributed by atoms with Gasteiger partial charge in [0.1, 0.15) is 24.0 Å². The number of fused-ring (bicyclic) bond motifs is 3. The van der Waals surface area contributed by atoms with E-state index in [0.717, 1.165) is 30.4 Å². The van der Waals surface area contributed by atoms with Crippen molar-refractivity contribution >= 4 is 23.4 Å². The number of esters is 1. The molecule has 2 saturated heterocycles. The SMILES string of the molecule is C=CCC1C=C(C)CC(C)CC(OC)C2OC(O)(C(=O)C(=O)N3CCCCC3C(=O)OC(C(C)=CC3CCC(N)C(OC(C)C)C3)C(C)CCC1=O)C(C)CC2OC. The smallest absolute Gasteiger partial charge is 0.329 e. The monoisotopic (exact) mass is 815 g/mol. The van der Waals surface area contributed by atoms with Crippen molar-refractivity contribution in [1.82, 2.24) is 4.90 Å². The van der Waals surface area contributed by atoms with Crippen LogP contribution in [0.15, 0.2) is 36.0 Å². The second-order valence-corrected chi connectivity index (χ2v) is 18.2. The van der Waals surface area contributed by atoms with Gasteiger partial charge in [-0.05, 0) is 122 Å². The number of ketones is 2. The standard InChI is InChI=1S/C46H74N2O10/c1-11-14-34-22-28(4)21-29(5)23-39(54-9)42-40(55-10)25-32(8)46(53,58-42)43(50)44(51)48-20-13-12-15-36(48)45(52)57-41(30(6)16-19-37(34)49)31(7)24-33-17-18-35(47)38(26-33)56-27(2)3/h11,22,24,27,29-30,32-36,38-42,53H,1,12-21,23,25-26,47H2,2-10H3. The zero-order chi connectivity index (χ0) is 42.9. The minimum Gasteiger partial charge on any atom is -0.456 e. The fourth-order valence-electron chi connectivity index (χ4n) is 9.72. The van der Waals surface area contributed by atoms with Gasteiger partial charge in [0, 0.05) is 45.1 Å². The summed E-state index contributed by atoms with van der Waals surface area (Å²) in [5.74, 6) is -6.26. The number of amides is 1. The fraction of sp³-hybridized carbons (Fsp3) is 0.783. The summed E-state index contributed by atoms with van der Waals surface area (Å²) >= 11 is 0. The Kier molecular flexibility index (Phi) is 17.9. The Bertz CT molecular complexity index is 1490. The molecule has 0 aromatic carbocycles. The quantitative estimate of drug-likeness (QED) is 0.158. The molecular weight excluding hydrogens is 741 g/mol. The number of nitrogens with two attached hydrogens (primary N) is 1. The number of ether oxygens (including phenoxy) is 5. The molecule has 3 heterocycles. The van der Waals surface area contributed by atoms with E-state index in [2.05, 4.69) is 19.6 Å². The number of allylic oxidation sites excluding steroid dienone is 4. The summed E-state index contributed by atoms with van der Waals surface area (Å²) in [7, 11) is 3.10. The summed E-state index contributed by atoms with van der Waals surface area (Å²) in [4.78, 5) is 58.1. The number of aliphatic hydroxyl groups is 1. The number of carbonyl (C=O) groups excluding carboxylic acids is 4. The zero-order valence-corrected chi connectivity index (χ0v) is 36.8. The maximum absolute atomic E-state index is 14.4. The van der Waals surface area contributed by atoms with E-state index in [4.69, 9.17) is 29.4 Å². The van der Waals surface area contributed by atoms with Crippen LogP contribution in [0, 0.1) is 29.6 Å². The van der Waals surface area contributed by atoms with Crippen molar-refractivity contribution in [2.24, 2.45) is 35.3 Å². The molecule has 1 amide bonds. The summed E-state index contributed by atoms with van der Waals surface area (Å²) in [5, 5.41) is 12.1. The number of hydrogen-bond acceptors (Lipinski definition) is 11. The molecule has 1 aliphatic carbocycles. The van der Waals surface area contributed by atoms with Gasteiger partial charge in [-0.15, -0.1) is 6.58 Å². The summed E-state index contributed by atoms with van der Waals surface area (Å²) < 4.78 is 30.6. The molecular formula is C46H74N2O10. The first kappa shape index (κ1) is 47.9. The number of hydrogen-bond donors (Lipinski definition) is 2. The third kappa shape index (κ3) is 12.0. The Morgan fingerprint density at radius 3 is 2.36 bits per heavy atom. The molecule has 13 atom stereocenters. The average molecular weight is 815 g/mol. The van der Waals surface area contributed by atoms with Gasteiger partial charge < -0.3 is 39.4 Å². The number of rotatable bonds is 8. The molecule has 4 aliphatic rings. The lowest BCUT2D eigenvalue weighted by atomic mass is 9.81. The minimum atomic E-state index is -2.47. The van der Waals surface area contributed by atoms with Crippen LogP contribution in [0.4, 0.5) is 0 Å². The Balaban J connectivity index is 1.74. The molecule has 12 heteroatoms. The van der Waals surface area contributed by atoms with Gasteiger partial charge in [0.15, 0.2) is 0 Å². The highest BCUT2D eigenvalue weighted by molar-refractivity contribution is 6.39. The average Bonchev–Trinajstić information content (AvgIpc) is 3.18. The summed E-state index contributed by atoms with van der Waals surface area (Å²) in [6, 6.07) is -1.09. The van der Waals surface area contributed by atoms with Crippen molar-refractivity contribution in [3.05, 3.63) is 36.0 Å². The molecule has 0 radical (unpaired) electrons. The van der Waals surface area contributed by atoms with E-state index in [1.54, 1.807) is 27.2 Å². The Hall–Kier alpha value is -2.74. The lowest BCUT2D eigenvalue weighted by Gasteiger charge is -2.47. The highest BCUT2D eigenvalue weighted by Crippen LogP contribution is 2.39. The largest absolute Gasteiger partial charge is 0.456 e. The topological polar surface area (TPSA) is 164 Å². The lowest BCUT2D eigenvalue weighted by Crippen LogP contribution is -2.64. The highest BCUT2D eigenvalue weighted by atomic mass is 16.7. The molecule has 12 nitrogen and oxygen atoms in total. The Morgan fingerprint density at radius 1 is 1.02 bits per heavy atom. The number of cyclic esters (lactones) is 1. The molecule has 13 unspecified atom stereocenters. The highest BCUT2D eigenvalue weighted by Gasteiger charge is 2.56. The first-order chi connectivity index (χ1) is 27.4. The van der Waals surface area contributed by atoms with Crippen molar-refractivity contribution in [1.29, 1.82) is 0 Å². The van der Waals surface area contributed by atoms with Gasteiger partial charge in [0.05, 0.1) is 24.4 Å². The van der Waals surface area contributed by atoms with Crippen LogP contribution in [-0.2, 0) is 42.9 Å². The summed E-state index contributed by atoms with van der Waals surface area (Å²) in [6.45, 7) is 17.8. The van der Waals surface area contributed by atoms with Gasteiger partial charge in [-0.1, -0.05) is 44.6 Å². The summed E-state index contributed by atoms with van der Waals surface area (Å²) in [5.41, 5.74) is 8.36. The van der Waals surface area contributed by atoms with E-state index >= 15 is 0 Å². The van der Waals surface area contributed by atoms with Gasteiger partial charge in [0.2, 0.25) is 5.79 Å². The minimum absolute atomic E-state index is 0.0398. The Labute approximate surface area is 347 Å². The van der Waals surface area contributed by atoms with Crippen molar-refractivity contribution < 1.29 is 48.0 Å². The molecule has 4 rings (SSSR count). The van der Waals surface area contributed by atoms with Crippen LogP contribution >= 0.6 is 0 Å². The molecule has 328 valence electrons. The predicted octanol–water partition coefficient (Wildman–Crippen LogP) is 6.41. The second-order valence-electron chi connectivity index (χ2n) is 18.2. The zero-order valence-electron chi connectivity index (χ0n) is 36.8. The van der Waals surface area contributed by atoms with Crippen LogP contribution < -0.4 is 5.73 Å². The van der Waals surface area contributed by atoms with Gasteiger partial charge >= 0.3 is 5.97 Å². The van der Waals surface area contributed by atoms with E-state index < -0.39 is 59.8 Å². The van der Waals surface area contributed by atoms with Gasteiger partial charge in [0.25, 0.3) is 11.7 Å². The van der Waals surface area contributed by atoms with Crippen LogP contribution in [0.5, 0.6) is 0 Å². The molecule has 3 fully saturated rings. The van der Waals surface area contributed by atoms with Gasteiger partial charge in [-0.25, -0.2) is 4.79 Å². The predicted molar refractivity (Wildman–Crippen MR) is 222 cm³/mol. The van der Waals surface area contributed by atoms with Crippen molar-refractivity contribution in [3.8, 4) is 0 Å². The molecule has 2 bridgehead atoms. The number of carbonyl (C=O) groups is 4. The van der Waals surface area contributed by atoms with Crippen LogP contribution in [0.25, 0.3) is 0 Å². The van der Waals surface area contributed by atoms with E-state index in [9.17, 15) is 24.3 Å². The number of methoxy groups -OCH3 is 2. The van der Waals surface area contributed by atoms with E-state index in [1.807, 2.05) is 40.7 Å². The summed E-state index contributed by atoms with van der Waals surface area (Å²) in [6.07, 6.45) is 9.89. The maximum Gasteiger partial charge on any atom is 0.329 e.